The first kappa shape index (κ1) is 15.1. The van der Waals surface area contributed by atoms with Crippen LogP contribution in [0.3, 0.4) is 0 Å². The zero-order valence-corrected chi connectivity index (χ0v) is 12.9. The zero-order valence-electron chi connectivity index (χ0n) is 11.4. The summed E-state index contributed by atoms with van der Waals surface area (Å²) in [6.45, 7) is 1.05. The monoisotopic (exact) mass is 342 g/mol. The third kappa shape index (κ3) is 2.76. The third-order valence-electron chi connectivity index (χ3n) is 3.69. The summed E-state index contributed by atoms with van der Waals surface area (Å²) < 4.78 is 4.64. The van der Waals surface area contributed by atoms with Gasteiger partial charge in [0.05, 0.1) is 10.0 Å². The molecule has 2 saturated heterocycles. The predicted octanol–water partition coefficient (Wildman–Crippen LogP) is 2.04. The van der Waals surface area contributed by atoms with Crippen molar-refractivity contribution >= 4 is 41.1 Å². The maximum atomic E-state index is 12.3. The Hall–Kier alpha value is -1.79. The van der Waals surface area contributed by atoms with E-state index in [0.29, 0.717) is 28.7 Å². The molecule has 1 aromatic carbocycles. The van der Waals surface area contributed by atoms with E-state index in [1.54, 1.807) is 17.0 Å². The fraction of sp³-hybridized carbons (Fsp3) is 0.357. The summed E-state index contributed by atoms with van der Waals surface area (Å²) >= 11 is 11.7. The van der Waals surface area contributed by atoms with Crippen molar-refractivity contribution in [1.29, 1.82) is 0 Å². The minimum absolute atomic E-state index is 0.0707. The molecule has 0 atom stereocenters. The average molecular weight is 343 g/mol. The first-order valence-corrected chi connectivity index (χ1v) is 7.42. The molecule has 1 aromatic rings. The summed E-state index contributed by atoms with van der Waals surface area (Å²) in [5.74, 6) is -0.411. The van der Waals surface area contributed by atoms with E-state index in [4.69, 9.17) is 23.2 Å². The quantitative estimate of drug-likeness (QED) is 0.842. The Morgan fingerprint density at radius 3 is 2.55 bits per heavy atom. The molecule has 0 radical (unpaired) electrons. The maximum absolute atomic E-state index is 12.3. The second kappa shape index (κ2) is 5.78. The maximum Gasteiger partial charge on any atom is 0.417 e. The number of carbonyl (C=O) groups is 3. The SMILES string of the molecule is O=C(c1ccc(Cl)c(Cl)c1)N1CC(CN2C(=O)COC2=O)C1. The number of halogens is 2. The summed E-state index contributed by atoms with van der Waals surface area (Å²) in [5.41, 5.74) is 0.463. The lowest BCUT2D eigenvalue weighted by Gasteiger charge is -2.40. The number of imide groups is 1. The molecule has 0 unspecified atom stereocenters. The molecule has 2 fully saturated rings. The van der Waals surface area contributed by atoms with E-state index >= 15 is 0 Å². The van der Waals surface area contributed by atoms with E-state index in [0.717, 1.165) is 4.90 Å². The summed E-state index contributed by atoms with van der Waals surface area (Å²) in [6, 6.07) is 4.72. The Bertz CT molecular complexity index is 642. The molecule has 6 nitrogen and oxygen atoms in total. The fourth-order valence-electron chi connectivity index (χ4n) is 2.48. The molecule has 0 aromatic heterocycles. The van der Waals surface area contributed by atoms with Crippen molar-refractivity contribution in [2.75, 3.05) is 26.2 Å². The van der Waals surface area contributed by atoms with Crippen LogP contribution >= 0.6 is 23.2 Å². The van der Waals surface area contributed by atoms with E-state index in [9.17, 15) is 14.4 Å². The van der Waals surface area contributed by atoms with Gasteiger partial charge in [0.25, 0.3) is 11.8 Å². The van der Waals surface area contributed by atoms with Crippen molar-refractivity contribution in [3.05, 3.63) is 33.8 Å². The van der Waals surface area contributed by atoms with Gasteiger partial charge in [0.15, 0.2) is 6.61 Å². The predicted molar refractivity (Wildman–Crippen MR) is 78.9 cm³/mol. The van der Waals surface area contributed by atoms with Gasteiger partial charge in [-0.05, 0) is 18.2 Å². The summed E-state index contributed by atoms with van der Waals surface area (Å²) in [7, 11) is 0. The van der Waals surface area contributed by atoms with Gasteiger partial charge in [-0.25, -0.2) is 9.69 Å². The molecule has 3 amide bonds. The molecule has 2 heterocycles. The van der Waals surface area contributed by atoms with E-state index < -0.39 is 6.09 Å². The highest BCUT2D eigenvalue weighted by Gasteiger charge is 2.38. The van der Waals surface area contributed by atoms with Crippen LogP contribution in [0.1, 0.15) is 10.4 Å². The zero-order chi connectivity index (χ0) is 15.9. The number of carbonyl (C=O) groups excluding carboxylic acids is 3. The first-order chi connectivity index (χ1) is 10.5. The minimum Gasteiger partial charge on any atom is -0.439 e. The summed E-state index contributed by atoms with van der Waals surface area (Å²) in [4.78, 5) is 37.8. The van der Waals surface area contributed by atoms with Gasteiger partial charge < -0.3 is 9.64 Å². The summed E-state index contributed by atoms with van der Waals surface area (Å²) in [5, 5.41) is 0.723. The highest BCUT2D eigenvalue weighted by atomic mass is 35.5. The van der Waals surface area contributed by atoms with Crippen LogP contribution in [-0.4, -0.2) is 53.9 Å². The van der Waals surface area contributed by atoms with Gasteiger partial charge in [-0.1, -0.05) is 23.2 Å². The molecule has 2 aliphatic heterocycles. The van der Waals surface area contributed by atoms with Gasteiger partial charge >= 0.3 is 6.09 Å². The molecular weight excluding hydrogens is 331 g/mol. The van der Waals surface area contributed by atoms with Crippen molar-refractivity contribution in [3.8, 4) is 0 Å². The number of benzene rings is 1. The van der Waals surface area contributed by atoms with Crippen molar-refractivity contribution in [1.82, 2.24) is 9.80 Å². The molecule has 0 N–H and O–H groups in total. The fourth-order valence-corrected chi connectivity index (χ4v) is 2.78. The van der Waals surface area contributed by atoms with E-state index in [2.05, 4.69) is 4.74 Å². The lowest BCUT2D eigenvalue weighted by atomic mass is 9.98. The lowest BCUT2D eigenvalue weighted by Crippen LogP contribution is -2.54. The van der Waals surface area contributed by atoms with Crippen LogP contribution in [-0.2, 0) is 9.53 Å². The highest BCUT2D eigenvalue weighted by Crippen LogP contribution is 2.26. The molecule has 116 valence electrons. The Morgan fingerprint density at radius 1 is 1.23 bits per heavy atom. The number of hydrogen-bond acceptors (Lipinski definition) is 4. The molecule has 2 aliphatic rings. The van der Waals surface area contributed by atoms with Gasteiger partial charge in [0.2, 0.25) is 0 Å². The van der Waals surface area contributed by atoms with Crippen molar-refractivity contribution < 1.29 is 19.1 Å². The Balaban J connectivity index is 1.56. The number of rotatable bonds is 3. The van der Waals surface area contributed by atoms with E-state index in [-0.39, 0.29) is 30.9 Å². The summed E-state index contributed by atoms with van der Waals surface area (Å²) in [6.07, 6.45) is -0.612. The number of amides is 3. The number of cyclic esters (lactones) is 1. The average Bonchev–Trinajstić information content (AvgIpc) is 2.75. The van der Waals surface area contributed by atoms with E-state index in [1.807, 2.05) is 0 Å². The largest absolute Gasteiger partial charge is 0.439 e. The molecule has 0 bridgehead atoms. The molecule has 8 heteroatoms. The molecule has 22 heavy (non-hydrogen) atoms. The van der Waals surface area contributed by atoms with Crippen molar-refractivity contribution in [3.63, 3.8) is 0 Å². The van der Waals surface area contributed by atoms with Crippen molar-refractivity contribution in [2.24, 2.45) is 5.92 Å². The molecule has 0 aliphatic carbocycles. The lowest BCUT2D eigenvalue weighted by molar-refractivity contribution is -0.126. The molecule has 0 saturated carbocycles. The smallest absolute Gasteiger partial charge is 0.417 e. The second-order valence-corrected chi connectivity index (χ2v) is 6.08. The number of nitrogens with zero attached hydrogens (tertiary/aromatic N) is 2. The van der Waals surface area contributed by atoms with Crippen LogP contribution in [0.4, 0.5) is 4.79 Å². The second-order valence-electron chi connectivity index (χ2n) is 5.26. The van der Waals surface area contributed by atoms with Gasteiger partial charge in [0, 0.05) is 31.1 Å². The van der Waals surface area contributed by atoms with Crippen molar-refractivity contribution in [2.45, 2.75) is 0 Å². The standard InChI is InChI=1S/C14H12Cl2N2O4/c15-10-2-1-9(3-11(10)16)13(20)17-4-8(5-17)6-18-12(19)7-22-14(18)21/h1-3,8H,4-7H2. The van der Waals surface area contributed by atoms with Crippen LogP contribution in [0.2, 0.25) is 10.0 Å². The van der Waals surface area contributed by atoms with Gasteiger partial charge in [-0.2, -0.15) is 0 Å². The van der Waals surface area contributed by atoms with E-state index in [1.165, 1.54) is 6.07 Å². The normalized spacial score (nSPS) is 18.5. The third-order valence-corrected chi connectivity index (χ3v) is 4.43. The highest BCUT2D eigenvalue weighted by molar-refractivity contribution is 6.42. The van der Waals surface area contributed by atoms with Crippen LogP contribution in [0.5, 0.6) is 0 Å². The number of likely N-dealkylation sites (tertiary alicyclic amines) is 1. The molecule has 0 spiro atoms. The van der Waals surface area contributed by atoms with Crippen LogP contribution < -0.4 is 0 Å². The molecule has 3 rings (SSSR count). The van der Waals surface area contributed by atoms with Crippen LogP contribution in [0.15, 0.2) is 18.2 Å². The van der Waals surface area contributed by atoms with Crippen LogP contribution in [0, 0.1) is 5.92 Å². The molecular formula is C14H12Cl2N2O4. The Labute approximate surface area is 136 Å². The minimum atomic E-state index is -0.612. The number of ether oxygens (including phenoxy) is 1. The topological polar surface area (TPSA) is 66.9 Å². The van der Waals surface area contributed by atoms with Gasteiger partial charge in [-0.15, -0.1) is 0 Å². The first-order valence-electron chi connectivity index (χ1n) is 6.67. The van der Waals surface area contributed by atoms with Gasteiger partial charge in [-0.3, -0.25) is 9.59 Å². The Morgan fingerprint density at radius 2 is 1.95 bits per heavy atom. The van der Waals surface area contributed by atoms with Gasteiger partial charge in [0.1, 0.15) is 0 Å². The van der Waals surface area contributed by atoms with Crippen LogP contribution in [0.25, 0.3) is 0 Å². The Kier molecular flexibility index (Phi) is 3.97. The number of hydrogen-bond donors (Lipinski definition) is 0.